The molecule has 0 aliphatic carbocycles. The van der Waals surface area contributed by atoms with Crippen LogP contribution in [0.3, 0.4) is 0 Å². The number of hydrogen-bond donors (Lipinski definition) is 0. The fraction of sp³-hybridized carbons (Fsp3) is 0.296. The smallest absolute Gasteiger partial charge is 0.138 e. The van der Waals surface area contributed by atoms with Crippen LogP contribution in [-0.2, 0) is 4.74 Å². The number of pyridine rings is 2. The lowest BCUT2D eigenvalue weighted by atomic mass is 10.1. The molecule has 1 fully saturated rings. The molecule has 1 aliphatic heterocycles. The number of aromatic nitrogens is 4. The molecule has 1 aromatic carbocycles. The van der Waals surface area contributed by atoms with Gasteiger partial charge in [-0.2, -0.15) is 0 Å². The summed E-state index contributed by atoms with van der Waals surface area (Å²) in [6.45, 7) is 9.88. The lowest BCUT2D eigenvalue weighted by Crippen LogP contribution is -2.36. The Labute approximate surface area is 194 Å². The maximum absolute atomic E-state index is 5.47. The summed E-state index contributed by atoms with van der Waals surface area (Å²) in [5, 5.41) is 0. The minimum Gasteiger partial charge on any atom is -0.378 e. The Hall–Kier alpha value is -3.51. The summed E-state index contributed by atoms with van der Waals surface area (Å²) in [7, 11) is 0. The van der Waals surface area contributed by atoms with Crippen molar-refractivity contribution in [3.05, 3.63) is 78.5 Å². The second-order valence-corrected chi connectivity index (χ2v) is 8.66. The Balaban J connectivity index is 1.50. The molecule has 5 rings (SSSR count). The standard InChI is InChI=1S/C27H29N5O/c1-19(2)27-30-26(20(3)32(27)25-6-4-5-12-29-25)22-11-13-28-24(18-22)21-7-9-23(10-8-21)31-14-16-33-17-15-31/h4-13,18-19H,14-17H2,1-3H3. The second-order valence-electron chi connectivity index (χ2n) is 8.66. The number of benzene rings is 1. The number of ether oxygens (including phenoxy) is 1. The number of anilines is 1. The summed E-state index contributed by atoms with van der Waals surface area (Å²) in [6.07, 6.45) is 3.69. The average Bonchev–Trinajstić information content (AvgIpc) is 3.23. The molecule has 4 heterocycles. The molecule has 0 N–H and O–H groups in total. The summed E-state index contributed by atoms with van der Waals surface area (Å²) in [6, 6.07) is 18.8. The molecule has 6 nitrogen and oxygen atoms in total. The van der Waals surface area contributed by atoms with Crippen LogP contribution in [-0.4, -0.2) is 45.8 Å². The lowest BCUT2D eigenvalue weighted by molar-refractivity contribution is 0.122. The average molecular weight is 440 g/mol. The van der Waals surface area contributed by atoms with E-state index < -0.39 is 0 Å². The van der Waals surface area contributed by atoms with Gasteiger partial charge in [0.2, 0.25) is 0 Å². The largest absolute Gasteiger partial charge is 0.378 e. The van der Waals surface area contributed by atoms with Gasteiger partial charge in [-0.05, 0) is 43.3 Å². The summed E-state index contributed by atoms with van der Waals surface area (Å²) in [5.74, 6) is 2.17. The first kappa shape index (κ1) is 21.3. The number of imidazole rings is 1. The van der Waals surface area contributed by atoms with E-state index >= 15 is 0 Å². The lowest BCUT2D eigenvalue weighted by Gasteiger charge is -2.28. The van der Waals surface area contributed by atoms with Gasteiger partial charge < -0.3 is 9.64 Å². The van der Waals surface area contributed by atoms with Crippen molar-refractivity contribution in [2.45, 2.75) is 26.7 Å². The van der Waals surface area contributed by atoms with Crippen LogP contribution in [0.25, 0.3) is 28.3 Å². The Morgan fingerprint density at radius 1 is 0.879 bits per heavy atom. The molecule has 168 valence electrons. The van der Waals surface area contributed by atoms with Crippen molar-refractivity contribution in [1.29, 1.82) is 0 Å². The van der Waals surface area contributed by atoms with Gasteiger partial charge in [0.1, 0.15) is 11.6 Å². The number of hydrogen-bond acceptors (Lipinski definition) is 5. The highest BCUT2D eigenvalue weighted by Gasteiger charge is 2.20. The summed E-state index contributed by atoms with van der Waals surface area (Å²) in [5.41, 5.74) is 6.38. The first-order valence-electron chi connectivity index (χ1n) is 11.5. The van der Waals surface area contributed by atoms with E-state index in [1.54, 1.807) is 0 Å². The normalized spacial score (nSPS) is 14.1. The van der Waals surface area contributed by atoms with Gasteiger partial charge in [0, 0.05) is 53.9 Å². The highest BCUT2D eigenvalue weighted by molar-refractivity contribution is 5.71. The van der Waals surface area contributed by atoms with Crippen LogP contribution in [0.5, 0.6) is 0 Å². The molecule has 1 aliphatic rings. The van der Waals surface area contributed by atoms with Crippen LogP contribution < -0.4 is 4.90 Å². The van der Waals surface area contributed by atoms with Crippen LogP contribution >= 0.6 is 0 Å². The fourth-order valence-corrected chi connectivity index (χ4v) is 4.36. The van der Waals surface area contributed by atoms with Crippen molar-refractivity contribution in [3.63, 3.8) is 0 Å². The van der Waals surface area contributed by atoms with Crippen molar-refractivity contribution < 1.29 is 4.74 Å². The van der Waals surface area contributed by atoms with Gasteiger partial charge >= 0.3 is 0 Å². The van der Waals surface area contributed by atoms with Gasteiger partial charge in [-0.25, -0.2) is 9.97 Å². The van der Waals surface area contributed by atoms with Gasteiger partial charge in [0.05, 0.1) is 24.6 Å². The molecule has 0 saturated carbocycles. The van der Waals surface area contributed by atoms with Crippen LogP contribution in [0.1, 0.15) is 31.3 Å². The van der Waals surface area contributed by atoms with Gasteiger partial charge in [0.25, 0.3) is 0 Å². The molecule has 6 heteroatoms. The highest BCUT2D eigenvalue weighted by atomic mass is 16.5. The third kappa shape index (κ3) is 4.26. The summed E-state index contributed by atoms with van der Waals surface area (Å²) < 4.78 is 7.63. The van der Waals surface area contributed by atoms with Crippen LogP contribution in [0, 0.1) is 6.92 Å². The zero-order valence-corrected chi connectivity index (χ0v) is 19.4. The molecule has 0 atom stereocenters. The maximum atomic E-state index is 5.47. The van der Waals surface area contributed by atoms with E-state index in [0.29, 0.717) is 0 Å². The van der Waals surface area contributed by atoms with E-state index in [2.05, 4.69) is 70.5 Å². The van der Waals surface area contributed by atoms with Crippen molar-refractivity contribution in [2.75, 3.05) is 31.2 Å². The minimum absolute atomic E-state index is 0.272. The van der Waals surface area contributed by atoms with Gasteiger partial charge in [-0.15, -0.1) is 0 Å². The first-order chi connectivity index (χ1) is 16.1. The quantitative estimate of drug-likeness (QED) is 0.424. The van der Waals surface area contributed by atoms with E-state index in [0.717, 1.165) is 66.2 Å². The second kappa shape index (κ2) is 9.16. The molecule has 0 unspecified atom stereocenters. The molecule has 4 aromatic rings. The predicted octanol–water partition coefficient (Wildman–Crippen LogP) is 5.26. The third-order valence-corrected chi connectivity index (χ3v) is 6.10. The van der Waals surface area contributed by atoms with Gasteiger partial charge in [-0.3, -0.25) is 9.55 Å². The first-order valence-corrected chi connectivity index (χ1v) is 11.5. The molecular formula is C27H29N5O. The van der Waals surface area contributed by atoms with E-state index in [1.165, 1.54) is 5.69 Å². The topological polar surface area (TPSA) is 56.1 Å². The van der Waals surface area contributed by atoms with Crippen LogP contribution in [0.15, 0.2) is 67.0 Å². The van der Waals surface area contributed by atoms with E-state index in [4.69, 9.17) is 9.72 Å². The van der Waals surface area contributed by atoms with Crippen LogP contribution in [0.2, 0.25) is 0 Å². The molecule has 0 amide bonds. The van der Waals surface area contributed by atoms with E-state index in [9.17, 15) is 0 Å². The number of nitrogens with zero attached hydrogens (tertiary/aromatic N) is 5. The third-order valence-electron chi connectivity index (χ3n) is 6.10. The van der Waals surface area contributed by atoms with Crippen molar-refractivity contribution in [3.8, 4) is 28.3 Å². The molecule has 0 bridgehead atoms. The zero-order valence-electron chi connectivity index (χ0n) is 19.4. The highest BCUT2D eigenvalue weighted by Crippen LogP contribution is 2.31. The fourth-order valence-electron chi connectivity index (χ4n) is 4.36. The predicted molar refractivity (Wildman–Crippen MR) is 132 cm³/mol. The van der Waals surface area contributed by atoms with Crippen molar-refractivity contribution >= 4 is 5.69 Å². The number of rotatable bonds is 5. The molecule has 0 radical (unpaired) electrons. The summed E-state index contributed by atoms with van der Waals surface area (Å²) in [4.78, 5) is 16.6. The molecule has 3 aromatic heterocycles. The molecule has 33 heavy (non-hydrogen) atoms. The Morgan fingerprint density at radius 2 is 1.67 bits per heavy atom. The zero-order chi connectivity index (χ0) is 22.8. The van der Waals surface area contributed by atoms with Crippen molar-refractivity contribution in [1.82, 2.24) is 19.5 Å². The van der Waals surface area contributed by atoms with Crippen molar-refractivity contribution in [2.24, 2.45) is 0 Å². The Morgan fingerprint density at radius 3 is 2.36 bits per heavy atom. The maximum Gasteiger partial charge on any atom is 0.138 e. The summed E-state index contributed by atoms with van der Waals surface area (Å²) >= 11 is 0. The van der Waals surface area contributed by atoms with Gasteiger partial charge in [0.15, 0.2) is 0 Å². The molecule has 1 saturated heterocycles. The minimum atomic E-state index is 0.272. The van der Waals surface area contributed by atoms with E-state index in [1.807, 2.05) is 36.7 Å². The number of morpholine rings is 1. The Kier molecular flexibility index (Phi) is 5.92. The van der Waals surface area contributed by atoms with Crippen LogP contribution in [0.4, 0.5) is 5.69 Å². The SMILES string of the molecule is Cc1c(-c2ccnc(-c3ccc(N4CCOCC4)cc3)c2)nc(C(C)C)n1-c1ccccn1. The Bertz CT molecular complexity index is 1230. The van der Waals surface area contributed by atoms with Gasteiger partial charge in [-0.1, -0.05) is 32.0 Å². The molecule has 0 spiro atoms. The molecular weight excluding hydrogens is 410 g/mol. The van der Waals surface area contributed by atoms with E-state index in [-0.39, 0.29) is 5.92 Å². The monoisotopic (exact) mass is 439 g/mol.